The second kappa shape index (κ2) is 12.2. The molecule has 1 atom stereocenters. The van der Waals surface area contributed by atoms with Crippen LogP contribution in [0.5, 0.6) is 11.6 Å². The highest BCUT2D eigenvalue weighted by Gasteiger charge is 2.20. The van der Waals surface area contributed by atoms with Gasteiger partial charge in [-0.2, -0.15) is 0 Å². The number of nitrogens with zero attached hydrogens (tertiary/aromatic N) is 3. The number of halogens is 1. The van der Waals surface area contributed by atoms with E-state index in [1.54, 1.807) is 12.3 Å². The molecule has 0 saturated heterocycles. The van der Waals surface area contributed by atoms with Crippen molar-refractivity contribution in [2.24, 2.45) is 0 Å². The van der Waals surface area contributed by atoms with E-state index in [2.05, 4.69) is 14.7 Å². The van der Waals surface area contributed by atoms with Gasteiger partial charge in [-0.3, -0.25) is 0 Å². The highest BCUT2D eigenvalue weighted by molar-refractivity contribution is 7.89. The van der Waals surface area contributed by atoms with Crippen molar-refractivity contribution >= 4 is 42.6 Å². The molecule has 0 bridgehead atoms. The number of thiazole rings is 1. The molecule has 9 nitrogen and oxygen atoms in total. The summed E-state index contributed by atoms with van der Waals surface area (Å²) < 4.78 is 52.6. The van der Waals surface area contributed by atoms with Gasteiger partial charge in [0, 0.05) is 12.1 Å². The van der Waals surface area contributed by atoms with Crippen molar-refractivity contribution in [3.8, 4) is 22.2 Å². The van der Waals surface area contributed by atoms with E-state index in [0.717, 1.165) is 39.0 Å². The van der Waals surface area contributed by atoms with Crippen LogP contribution in [0.15, 0.2) is 90.0 Å². The highest BCUT2D eigenvalue weighted by Crippen LogP contribution is 2.39. The van der Waals surface area contributed by atoms with Crippen molar-refractivity contribution in [1.29, 1.82) is 0 Å². The topological polar surface area (TPSA) is 124 Å². The first-order chi connectivity index (χ1) is 21.2. The lowest BCUT2D eigenvalue weighted by molar-refractivity contribution is 0.220. The minimum Gasteiger partial charge on any atom is -0.492 e. The van der Waals surface area contributed by atoms with E-state index in [9.17, 15) is 17.9 Å². The van der Waals surface area contributed by atoms with Crippen molar-refractivity contribution in [3.63, 3.8) is 0 Å². The van der Waals surface area contributed by atoms with Gasteiger partial charge in [-0.05, 0) is 72.1 Å². The van der Waals surface area contributed by atoms with E-state index in [0.29, 0.717) is 33.2 Å². The predicted octanol–water partition coefficient (Wildman–Crippen LogP) is 5.80. The van der Waals surface area contributed by atoms with Crippen LogP contribution in [0.2, 0.25) is 0 Å². The van der Waals surface area contributed by atoms with Gasteiger partial charge < -0.3 is 14.6 Å². The number of aryl methyl sites for hydroxylation is 1. The number of hydrogen-bond acceptors (Lipinski definition) is 9. The molecule has 0 saturated carbocycles. The number of ether oxygens (including phenoxy) is 2. The fourth-order valence-corrected chi connectivity index (χ4v) is 6.88. The van der Waals surface area contributed by atoms with Crippen LogP contribution in [0.3, 0.4) is 0 Å². The average molecular weight is 631 g/mol. The van der Waals surface area contributed by atoms with Crippen LogP contribution in [-0.2, 0) is 10.0 Å². The van der Waals surface area contributed by atoms with Crippen LogP contribution in [-0.4, -0.2) is 48.7 Å². The van der Waals surface area contributed by atoms with E-state index in [-0.39, 0.29) is 18.0 Å². The molecule has 0 spiro atoms. The van der Waals surface area contributed by atoms with E-state index in [4.69, 9.17) is 14.5 Å². The number of nitrogens with one attached hydrogen (secondary N) is 1. The smallest absolute Gasteiger partial charge is 0.240 e. The van der Waals surface area contributed by atoms with Gasteiger partial charge in [0.1, 0.15) is 29.3 Å². The Balaban J connectivity index is 1.28. The first kappa shape index (κ1) is 29.6. The summed E-state index contributed by atoms with van der Waals surface area (Å²) in [5.74, 6) is 0.411. The molecule has 0 aliphatic rings. The molecule has 12 heteroatoms. The number of benzene rings is 4. The van der Waals surface area contributed by atoms with Gasteiger partial charge in [0.05, 0.1) is 39.5 Å². The lowest BCUT2D eigenvalue weighted by atomic mass is 9.98. The zero-order valence-corrected chi connectivity index (χ0v) is 25.3. The summed E-state index contributed by atoms with van der Waals surface area (Å²) in [7, 11) is -2.27. The summed E-state index contributed by atoms with van der Waals surface area (Å²) in [5, 5.41) is 11.9. The number of sulfonamides is 1. The van der Waals surface area contributed by atoms with Gasteiger partial charge in [0.25, 0.3) is 0 Å². The Labute approximate surface area is 257 Å². The molecule has 2 N–H and O–H groups in total. The first-order valence-corrected chi connectivity index (χ1v) is 15.9. The minimum atomic E-state index is -3.79. The molecule has 1 unspecified atom stereocenters. The number of aromatic nitrogens is 3. The van der Waals surface area contributed by atoms with Crippen LogP contribution >= 0.6 is 11.3 Å². The molecule has 2 aromatic heterocycles. The SMILES string of the molecule is COc1cnc2c(-c3nc4c(C)cc(OCCNS(=O)(=O)c5ccc(F)cc5)cc4s3)cc(C(O)c3ccccc3)cc2n1. The molecule has 4 aromatic carbocycles. The van der Waals surface area contributed by atoms with Gasteiger partial charge in [0.15, 0.2) is 0 Å². The van der Waals surface area contributed by atoms with Gasteiger partial charge >= 0.3 is 0 Å². The Morgan fingerprint density at radius 1 is 0.977 bits per heavy atom. The maximum atomic E-state index is 13.2. The van der Waals surface area contributed by atoms with Crippen LogP contribution < -0.4 is 14.2 Å². The average Bonchev–Trinajstić information content (AvgIpc) is 3.47. The third-order valence-corrected chi connectivity index (χ3v) is 9.48. The number of methoxy groups -OCH3 is 1. The minimum absolute atomic E-state index is 0.0232. The Kier molecular flexibility index (Phi) is 8.23. The molecule has 0 amide bonds. The molecule has 44 heavy (non-hydrogen) atoms. The van der Waals surface area contributed by atoms with Crippen LogP contribution in [0, 0.1) is 12.7 Å². The van der Waals surface area contributed by atoms with E-state index >= 15 is 0 Å². The zero-order valence-electron chi connectivity index (χ0n) is 23.7. The second-order valence-electron chi connectivity index (χ2n) is 9.97. The number of aliphatic hydroxyl groups is 1. The zero-order chi connectivity index (χ0) is 30.8. The standard InChI is InChI=1S/C32H27FN4O5S2/c1-19-14-23(42-13-12-35-44(39,40)24-10-8-22(33)9-11-24)17-27-29(19)37-32(43-27)25-15-21(31(38)20-6-4-3-5-7-20)16-26-30(25)34-18-28(36-26)41-2/h3-11,14-18,31,35,38H,12-13H2,1-2H3. The molecule has 6 rings (SSSR count). The largest absolute Gasteiger partial charge is 0.492 e. The summed E-state index contributed by atoms with van der Waals surface area (Å²) in [6.07, 6.45) is 0.664. The van der Waals surface area contributed by atoms with Gasteiger partial charge in [-0.25, -0.2) is 32.5 Å². The normalized spacial score (nSPS) is 12.5. The fraction of sp³-hybridized carbons (Fsp3) is 0.156. The molecule has 6 aromatic rings. The first-order valence-electron chi connectivity index (χ1n) is 13.6. The molecule has 0 aliphatic carbocycles. The molecular formula is C32H27FN4O5S2. The van der Waals surface area contributed by atoms with Crippen molar-refractivity contribution in [2.45, 2.75) is 17.9 Å². The molecule has 0 aliphatic heterocycles. The third-order valence-electron chi connectivity index (χ3n) is 6.96. The third kappa shape index (κ3) is 6.10. The number of hydrogen-bond donors (Lipinski definition) is 2. The van der Waals surface area contributed by atoms with Crippen molar-refractivity contribution in [1.82, 2.24) is 19.7 Å². The monoisotopic (exact) mass is 630 g/mol. The molecule has 0 radical (unpaired) electrons. The molecular weight excluding hydrogens is 604 g/mol. The summed E-state index contributed by atoms with van der Waals surface area (Å²) in [6.45, 7) is 2.03. The Hall–Kier alpha value is -4.49. The van der Waals surface area contributed by atoms with E-state index in [1.807, 2.05) is 55.5 Å². The number of fused-ring (bicyclic) bond motifs is 2. The van der Waals surface area contributed by atoms with Crippen LogP contribution in [0.1, 0.15) is 22.8 Å². The molecule has 0 fully saturated rings. The fourth-order valence-electron chi connectivity index (χ4n) is 4.78. The van der Waals surface area contributed by atoms with E-state index < -0.39 is 21.9 Å². The molecule has 224 valence electrons. The Bertz CT molecular complexity index is 2070. The van der Waals surface area contributed by atoms with Crippen molar-refractivity contribution in [3.05, 3.63) is 108 Å². The van der Waals surface area contributed by atoms with Crippen LogP contribution in [0.4, 0.5) is 4.39 Å². The lowest BCUT2D eigenvalue weighted by Crippen LogP contribution is -2.28. The van der Waals surface area contributed by atoms with Gasteiger partial charge in [-0.1, -0.05) is 30.3 Å². The van der Waals surface area contributed by atoms with Gasteiger partial charge in [0.2, 0.25) is 15.9 Å². The highest BCUT2D eigenvalue weighted by atomic mass is 32.2. The maximum Gasteiger partial charge on any atom is 0.240 e. The Morgan fingerprint density at radius 2 is 1.75 bits per heavy atom. The lowest BCUT2D eigenvalue weighted by Gasteiger charge is -2.14. The van der Waals surface area contributed by atoms with Crippen molar-refractivity contribution < 1.29 is 27.4 Å². The maximum absolute atomic E-state index is 13.2. The number of rotatable bonds is 10. The van der Waals surface area contributed by atoms with Crippen molar-refractivity contribution in [2.75, 3.05) is 20.3 Å². The Morgan fingerprint density at radius 3 is 2.50 bits per heavy atom. The number of aliphatic hydroxyl groups excluding tert-OH is 1. The van der Waals surface area contributed by atoms with Gasteiger partial charge in [-0.15, -0.1) is 11.3 Å². The summed E-state index contributed by atoms with van der Waals surface area (Å²) in [4.78, 5) is 14.1. The molecule has 2 heterocycles. The summed E-state index contributed by atoms with van der Waals surface area (Å²) in [5.41, 5.74) is 4.97. The van der Waals surface area contributed by atoms with E-state index in [1.165, 1.54) is 30.6 Å². The summed E-state index contributed by atoms with van der Waals surface area (Å²) in [6, 6.07) is 21.4. The van der Waals surface area contributed by atoms with Crippen LogP contribution in [0.25, 0.3) is 31.8 Å². The quantitative estimate of drug-likeness (QED) is 0.182. The summed E-state index contributed by atoms with van der Waals surface area (Å²) >= 11 is 1.45. The second-order valence-corrected chi connectivity index (χ2v) is 12.8. The predicted molar refractivity (Wildman–Crippen MR) is 167 cm³/mol.